The first kappa shape index (κ1) is 11.3. The summed E-state index contributed by atoms with van der Waals surface area (Å²) in [4.78, 5) is 1.38. The van der Waals surface area contributed by atoms with Gasteiger partial charge in [-0.1, -0.05) is 6.07 Å². The predicted molar refractivity (Wildman–Crippen MR) is 63.8 cm³/mol. The van der Waals surface area contributed by atoms with Gasteiger partial charge in [0.2, 0.25) is 0 Å². The van der Waals surface area contributed by atoms with Crippen LogP contribution in [0.15, 0.2) is 24.3 Å². The summed E-state index contributed by atoms with van der Waals surface area (Å²) in [6.07, 6.45) is 1.97. The van der Waals surface area contributed by atoms with Gasteiger partial charge in [-0.15, -0.1) is 15.0 Å². The molecule has 18 heavy (non-hydrogen) atoms. The van der Waals surface area contributed by atoms with Gasteiger partial charge in [0.05, 0.1) is 5.69 Å². The van der Waals surface area contributed by atoms with Crippen LogP contribution in [0.1, 0.15) is 12.2 Å². The molecule has 6 heteroatoms. The van der Waals surface area contributed by atoms with Crippen LogP contribution in [-0.2, 0) is 6.42 Å². The van der Waals surface area contributed by atoms with E-state index < -0.39 is 0 Å². The van der Waals surface area contributed by atoms with Crippen LogP contribution in [0.25, 0.3) is 5.69 Å². The van der Waals surface area contributed by atoms with Crippen molar-refractivity contribution in [3.05, 3.63) is 35.9 Å². The lowest BCUT2D eigenvalue weighted by Gasteiger charge is -2.02. The summed E-state index contributed by atoms with van der Waals surface area (Å²) >= 11 is 0. The molecule has 1 saturated heterocycles. The van der Waals surface area contributed by atoms with Crippen molar-refractivity contribution in [2.24, 2.45) is 5.92 Å². The molecule has 0 amide bonds. The average Bonchev–Trinajstić information content (AvgIpc) is 3.01. The topological polar surface area (TPSA) is 55.6 Å². The Morgan fingerprint density at radius 2 is 2.39 bits per heavy atom. The van der Waals surface area contributed by atoms with Crippen molar-refractivity contribution in [1.82, 2.24) is 25.5 Å². The molecule has 1 aromatic carbocycles. The fraction of sp³-hybridized carbons (Fsp3) is 0.417. The van der Waals surface area contributed by atoms with Crippen LogP contribution in [0.2, 0.25) is 0 Å². The molecule has 1 aliphatic heterocycles. The molecule has 0 aliphatic carbocycles. The summed E-state index contributed by atoms with van der Waals surface area (Å²) in [5.74, 6) is 0.995. The molecule has 0 spiro atoms. The van der Waals surface area contributed by atoms with Gasteiger partial charge in [0.1, 0.15) is 5.82 Å². The first-order valence-corrected chi connectivity index (χ1v) is 6.07. The molecule has 94 valence electrons. The number of benzene rings is 1. The van der Waals surface area contributed by atoms with Gasteiger partial charge in [0, 0.05) is 12.5 Å². The number of nitrogens with one attached hydrogen (secondary N) is 1. The monoisotopic (exact) mass is 247 g/mol. The summed E-state index contributed by atoms with van der Waals surface area (Å²) in [7, 11) is 0. The molecule has 1 aromatic heterocycles. The molecular weight excluding hydrogens is 233 g/mol. The number of tetrazole rings is 1. The Labute approximate surface area is 104 Å². The second-order valence-corrected chi connectivity index (χ2v) is 4.54. The SMILES string of the molecule is Fc1cccc(-n2nnc(CC3CCNC3)n2)c1. The molecule has 1 atom stereocenters. The standard InChI is InChI=1S/C12H14FN5/c13-10-2-1-3-11(7-10)18-16-12(15-17-18)6-9-4-5-14-8-9/h1-3,7,9,14H,4-6,8H2. The predicted octanol–water partition coefficient (Wildman–Crippen LogP) is 0.953. The Morgan fingerprint density at radius 3 is 3.17 bits per heavy atom. The van der Waals surface area contributed by atoms with E-state index >= 15 is 0 Å². The van der Waals surface area contributed by atoms with E-state index in [2.05, 4.69) is 20.7 Å². The molecular formula is C12H14FN5. The highest BCUT2D eigenvalue weighted by atomic mass is 19.1. The summed E-state index contributed by atoms with van der Waals surface area (Å²) in [6, 6.07) is 6.17. The van der Waals surface area contributed by atoms with Crippen LogP contribution >= 0.6 is 0 Å². The minimum atomic E-state index is -0.300. The molecule has 3 rings (SSSR count). The molecule has 1 fully saturated rings. The van der Waals surface area contributed by atoms with E-state index in [4.69, 9.17) is 0 Å². The van der Waals surface area contributed by atoms with Gasteiger partial charge < -0.3 is 5.32 Å². The van der Waals surface area contributed by atoms with Crippen molar-refractivity contribution >= 4 is 0 Å². The summed E-state index contributed by atoms with van der Waals surface area (Å²) in [6.45, 7) is 2.07. The lowest BCUT2D eigenvalue weighted by Crippen LogP contribution is -2.11. The smallest absolute Gasteiger partial charge is 0.175 e. The van der Waals surface area contributed by atoms with Crippen LogP contribution in [-0.4, -0.2) is 33.3 Å². The van der Waals surface area contributed by atoms with Crippen LogP contribution in [0, 0.1) is 11.7 Å². The highest BCUT2D eigenvalue weighted by Crippen LogP contribution is 2.13. The minimum Gasteiger partial charge on any atom is -0.316 e. The second-order valence-electron chi connectivity index (χ2n) is 4.54. The maximum Gasteiger partial charge on any atom is 0.175 e. The van der Waals surface area contributed by atoms with Crippen molar-refractivity contribution in [3.8, 4) is 5.69 Å². The van der Waals surface area contributed by atoms with E-state index in [1.165, 1.54) is 16.9 Å². The van der Waals surface area contributed by atoms with Crippen LogP contribution < -0.4 is 5.32 Å². The Hall–Kier alpha value is -1.82. The molecule has 0 saturated carbocycles. The zero-order valence-electron chi connectivity index (χ0n) is 9.88. The number of nitrogens with zero attached hydrogens (tertiary/aromatic N) is 4. The Kier molecular flexibility index (Phi) is 3.02. The quantitative estimate of drug-likeness (QED) is 0.877. The minimum absolute atomic E-state index is 0.300. The van der Waals surface area contributed by atoms with Gasteiger partial charge in [-0.2, -0.15) is 0 Å². The number of aromatic nitrogens is 4. The highest BCUT2D eigenvalue weighted by Gasteiger charge is 2.17. The molecule has 2 heterocycles. The maximum atomic E-state index is 13.1. The average molecular weight is 247 g/mol. The third kappa shape index (κ3) is 2.38. The number of hydrogen-bond acceptors (Lipinski definition) is 4. The van der Waals surface area contributed by atoms with Gasteiger partial charge in [0.25, 0.3) is 0 Å². The number of hydrogen-bond donors (Lipinski definition) is 1. The van der Waals surface area contributed by atoms with E-state index in [1.54, 1.807) is 12.1 Å². The molecule has 0 bridgehead atoms. The lowest BCUT2D eigenvalue weighted by atomic mass is 10.1. The third-order valence-electron chi connectivity index (χ3n) is 3.13. The Balaban J connectivity index is 1.76. The maximum absolute atomic E-state index is 13.1. The number of halogens is 1. The molecule has 5 nitrogen and oxygen atoms in total. The third-order valence-corrected chi connectivity index (χ3v) is 3.13. The van der Waals surface area contributed by atoms with E-state index in [0.29, 0.717) is 17.4 Å². The molecule has 1 N–H and O–H groups in total. The van der Waals surface area contributed by atoms with E-state index in [1.807, 2.05) is 0 Å². The van der Waals surface area contributed by atoms with E-state index in [9.17, 15) is 4.39 Å². The van der Waals surface area contributed by atoms with Crippen LogP contribution in [0.5, 0.6) is 0 Å². The van der Waals surface area contributed by atoms with Gasteiger partial charge in [0.15, 0.2) is 5.82 Å². The Morgan fingerprint density at radius 1 is 1.44 bits per heavy atom. The van der Waals surface area contributed by atoms with Gasteiger partial charge >= 0.3 is 0 Å². The summed E-state index contributed by atoms with van der Waals surface area (Å²) in [5, 5.41) is 15.6. The first-order valence-electron chi connectivity index (χ1n) is 6.07. The van der Waals surface area contributed by atoms with E-state index in [0.717, 1.165) is 25.9 Å². The molecule has 1 aliphatic rings. The van der Waals surface area contributed by atoms with Gasteiger partial charge in [-0.3, -0.25) is 0 Å². The van der Waals surface area contributed by atoms with Gasteiger partial charge in [-0.25, -0.2) is 4.39 Å². The fourth-order valence-corrected chi connectivity index (χ4v) is 2.18. The van der Waals surface area contributed by atoms with Crippen molar-refractivity contribution in [2.75, 3.05) is 13.1 Å². The summed E-state index contributed by atoms with van der Waals surface area (Å²) < 4.78 is 13.1. The zero-order chi connectivity index (χ0) is 12.4. The first-order chi connectivity index (χ1) is 8.81. The normalized spacial score (nSPS) is 19.3. The summed E-state index contributed by atoms with van der Waals surface area (Å²) in [5.41, 5.74) is 0.596. The molecule has 0 radical (unpaired) electrons. The van der Waals surface area contributed by atoms with Crippen molar-refractivity contribution < 1.29 is 4.39 Å². The van der Waals surface area contributed by atoms with Crippen molar-refractivity contribution in [3.63, 3.8) is 0 Å². The fourth-order valence-electron chi connectivity index (χ4n) is 2.18. The van der Waals surface area contributed by atoms with Crippen molar-refractivity contribution in [1.29, 1.82) is 0 Å². The van der Waals surface area contributed by atoms with E-state index in [-0.39, 0.29) is 5.82 Å². The van der Waals surface area contributed by atoms with Crippen molar-refractivity contribution in [2.45, 2.75) is 12.8 Å². The Bertz CT molecular complexity index is 533. The largest absolute Gasteiger partial charge is 0.316 e. The van der Waals surface area contributed by atoms with Crippen LogP contribution in [0.4, 0.5) is 4.39 Å². The van der Waals surface area contributed by atoms with Gasteiger partial charge in [-0.05, 0) is 42.8 Å². The lowest BCUT2D eigenvalue weighted by molar-refractivity contribution is 0.560. The zero-order valence-corrected chi connectivity index (χ0v) is 9.88. The molecule has 2 aromatic rings. The van der Waals surface area contributed by atoms with Crippen LogP contribution in [0.3, 0.4) is 0 Å². The second kappa shape index (κ2) is 4.81. The highest BCUT2D eigenvalue weighted by molar-refractivity contribution is 5.29. The number of rotatable bonds is 3. The molecule has 1 unspecified atom stereocenters.